The Labute approximate surface area is 232 Å². The van der Waals surface area contributed by atoms with Crippen molar-refractivity contribution in [3.63, 3.8) is 0 Å². The van der Waals surface area contributed by atoms with Crippen LogP contribution in [0.5, 0.6) is 0 Å². The van der Waals surface area contributed by atoms with Crippen molar-refractivity contribution in [1.29, 1.82) is 0 Å². The predicted molar refractivity (Wildman–Crippen MR) is 173 cm³/mol. The van der Waals surface area contributed by atoms with Crippen LogP contribution in [0.3, 0.4) is 0 Å². The molecule has 0 saturated carbocycles. The average Bonchev–Trinajstić information content (AvgIpc) is 3.27. The molecule has 1 heterocycles. The summed E-state index contributed by atoms with van der Waals surface area (Å²) in [6.07, 6.45) is 0. The fraction of sp³-hybridized carbons (Fsp3) is 0.600. The Morgan fingerprint density at radius 2 is 0.686 bits per heavy atom. The van der Waals surface area contributed by atoms with Crippen LogP contribution in [0.25, 0.3) is 0 Å². The number of hydrogen-bond donors (Lipinski definition) is 0. The first-order valence-electron chi connectivity index (χ1n) is 13.4. The third kappa shape index (κ3) is 6.17. The van der Waals surface area contributed by atoms with Gasteiger partial charge in [0.15, 0.2) is 0 Å². The van der Waals surface area contributed by atoms with E-state index in [4.69, 9.17) is 0 Å². The average molecular weight is 742 g/mol. The molecule has 0 amide bonds. The second-order valence-electron chi connectivity index (χ2n) is 12.0. The molecule has 2 aromatic carbocycles. The van der Waals surface area contributed by atoms with Crippen molar-refractivity contribution >= 4 is 58.8 Å². The normalized spacial score (nSPS) is 16.2. The summed E-state index contributed by atoms with van der Waals surface area (Å²) >= 11 is -3.40. The molecule has 0 spiro atoms. The standard InChI is InChI=1S/2C15H23.Pb.H2S4/c2*1-10(2)13-7-14(11(3)4)9-15(8-13)12(5)6;;1-3-4-2/h2*7-8,10-12H,1-6H3;;1-2H/q;;+2;/p-2. The first-order valence-corrected chi connectivity index (χ1v) is 31.6. The maximum atomic E-state index is 2.60. The predicted octanol–water partition coefficient (Wildman–Crippen LogP) is 10.7. The van der Waals surface area contributed by atoms with Gasteiger partial charge in [0.05, 0.1) is 0 Å². The molecule has 0 aliphatic carbocycles. The molecule has 1 aliphatic rings. The Bertz CT molecular complexity index is 895. The number of benzene rings is 2. The molecule has 0 aromatic heterocycles. The van der Waals surface area contributed by atoms with Gasteiger partial charge in [-0.05, 0) is 0 Å². The van der Waals surface area contributed by atoms with E-state index in [9.17, 15) is 0 Å². The molecule has 1 aliphatic heterocycles. The summed E-state index contributed by atoms with van der Waals surface area (Å²) in [5, 5.41) is 0. The zero-order chi connectivity index (χ0) is 26.2. The first kappa shape index (κ1) is 30.3. The molecule has 194 valence electrons. The van der Waals surface area contributed by atoms with Crippen LogP contribution in [0.15, 0.2) is 24.3 Å². The third-order valence-corrected chi connectivity index (χ3v) is 71.3. The van der Waals surface area contributed by atoms with Gasteiger partial charge >= 0.3 is 235 Å². The summed E-state index contributed by atoms with van der Waals surface area (Å²) in [5.41, 5.74) is 9.59. The number of hydrogen-bond acceptors (Lipinski definition) is 4. The first-order chi connectivity index (χ1) is 16.3. The van der Waals surface area contributed by atoms with E-state index in [-0.39, 0.29) is 0 Å². The van der Waals surface area contributed by atoms with E-state index in [0.717, 1.165) is 0 Å². The SMILES string of the molecule is CC(C)c1cc(C(C)C)[c]([Pb]2([c]3c(C(C)C)cc(C(C)C)cc3C(C)C)[S]SS[S]2)c(C(C)C)c1. The van der Waals surface area contributed by atoms with Crippen molar-refractivity contribution in [2.24, 2.45) is 0 Å². The topological polar surface area (TPSA) is 0 Å². The molecule has 35 heavy (non-hydrogen) atoms. The zero-order valence-electron chi connectivity index (χ0n) is 23.9. The molecule has 5 heteroatoms. The second kappa shape index (κ2) is 12.3. The molecule has 1 fully saturated rings. The summed E-state index contributed by atoms with van der Waals surface area (Å²) in [7, 11) is 8.77. The van der Waals surface area contributed by atoms with Gasteiger partial charge in [0, 0.05) is 0 Å². The van der Waals surface area contributed by atoms with E-state index in [2.05, 4.69) is 142 Å². The number of rotatable bonds is 8. The molecule has 1 saturated heterocycles. The maximum absolute atomic E-state index is 3.40. The van der Waals surface area contributed by atoms with Crippen molar-refractivity contribution < 1.29 is 0 Å². The van der Waals surface area contributed by atoms with Crippen molar-refractivity contribution in [3.05, 3.63) is 57.6 Å². The summed E-state index contributed by atoms with van der Waals surface area (Å²) < 4.78 is 3.61. The Morgan fingerprint density at radius 3 is 0.886 bits per heavy atom. The Hall–Kier alpha value is 0.762. The van der Waals surface area contributed by atoms with Crippen LogP contribution >= 0.6 is 34.3 Å². The van der Waals surface area contributed by atoms with Crippen LogP contribution < -0.4 is 6.25 Å². The van der Waals surface area contributed by atoms with Crippen molar-refractivity contribution in [2.75, 3.05) is 0 Å². The summed E-state index contributed by atoms with van der Waals surface area (Å²) in [5.74, 6) is 3.26. The minimum absolute atomic E-state index is 0.537. The van der Waals surface area contributed by atoms with Gasteiger partial charge in [-0.1, -0.05) is 0 Å². The summed E-state index contributed by atoms with van der Waals surface area (Å²) in [6, 6.07) is 10.4. The van der Waals surface area contributed by atoms with E-state index in [0.29, 0.717) is 35.5 Å². The van der Waals surface area contributed by atoms with Crippen LogP contribution in [0, 0.1) is 0 Å². The monoisotopic (exact) mass is 742 g/mol. The van der Waals surface area contributed by atoms with Crippen molar-refractivity contribution in [1.82, 2.24) is 0 Å². The van der Waals surface area contributed by atoms with Gasteiger partial charge in [-0.3, -0.25) is 0 Å². The molecule has 0 nitrogen and oxygen atoms in total. The Balaban J connectivity index is 2.53. The Kier molecular flexibility index (Phi) is 10.6. The van der Waals surface area contributed by atoms with Crippen LogP contribution in [0.1, 0.15) is 152 Å². The van der Waals surface area contributed by atoms with E-state index in [1.54, 1.807) is 28.5 Å². The second-order valence-corrected chi connectivity index (χ2v) is 50.2. The van der Waals surface area contributed by atoms with Gasteiger partial charge in [0.25, 0.3) is 0 Å². The van der Waals surface area contributed by atoms with Crippen LogP contribution in [-0.2, 0) is 0 Å². The van der Waals surface area contributed by atoms with E-state index in [1.165, 1.54) is 11.1 Å². The fourth-order valence-electron chi connectivity index (χ4n) is 5.10. The molecule has 0 atom stereocenters. The van der Waals surface area contributed by atoms with Crippen molar-refractivity contribution in [2.45, 2.75) is 119 Å². The van der Waals surface area contributed by atoms with Gasteiger partial charge in [0.1, 0.15) is 0 Å². The van der Waals surface area contributed by atoms with Crippen molar-refractivity contribution in [3.8, 4) is 0 Å². The molecular formula is C30H46PbS4. The fourth-order valence-corrected chi connectivity index (χ4v) is 104. The van der Waals surface area contributed by atoms with E-state index in [1.807, 2.05) is 0 Å². The Morgan fingerprint density at radius 1 is 0.429 bits per heavy atom. The van der Waals surface area contributed by atoms with Crippen LogP contribution in [0.2, 0.25) is 0 Å². The molecular weight excluding hydrogens is 696 g/mol. The summed E-state index contributed by atoms with van der Waals surface area (Å²) in [4.78, 5) is 0. The third-order valence-electron chi connectivity index (χ3n) is 7.25. The van der Waals surface area contributed by atoms with Gasteiger partial charge in [0.2, 0.25) is 0 Å². The quantitative estimate of drug-likeness (QED) is 0.195. The molecule has 0 N–H and O–H groups in total. The van der Waals surface area contributed by atoms with Crippen LogP contribution in [0.4, 0.5) is 0 Å². The minimum atomic E-state index is -3.40. The molecule has 0 bridgehead atoms. The van der Waals surface area contributed by atoms with Gasteiger partial charge < -0.3 is 0 Å². The van der Waals surface area contributed by atoms with E-state index < -0.39 is 18.2 Å². The molecule has 2 aromatic rings. The van der Waals surface area contributed by atoms with Gasteiger partial charge in [-0.2, -0.15) is 0 Å². The van der Waals surface area contributed by atoms with E-state index >= 15 is 0 Å². The summed E-state index contributed by atoms with van der Waals surface area (Å²) in [6.45, 7) is 28.8. The molecule has 3 rings (SSSR count). The zero-order valence-corrected chi connectivity index (χ0v) is 31.1. The van der Waals surface area contributed by atoms with Crippen LogP contribution in [-0.4, -0.2) is 18.2 Å². The van der Waals surface area contributed by atoms with Gasteiger partial charge in [-0.25, -0.2) is 0 Å². The molecule has 0 unspecified atom stereocenters. The molecule has 0 radical (unpaired) electrons. The van der Waals surface area contributed by atoms with Gasteiger partial charge in [-0.15, -0.1) is 0 Å².